The Hall–Kier alpha value is -2.82. The largest absolute Gasteiger partial charge is 0.513 e. The molecule has 0 saturated carbocycles. The Bertz CT molecular complexity index is 632. The number of anilines is 1. The molecule has 0 unspecified atom stereocenters. The standard InChI is InChI=1S/C16H15NO4/c1-20-16(19)21-14-8-4-12(5-9-14)15(18)10-11-2-6-13(17)7-3-11/h2-9H,10,17H2,1H3. The van der Waals surface area contributed by atoms with Crippen molar-refractivity contribution in [3.05, 3.63) is 59.7 Å². The number of methoxy groups -OCH3 is 1. The molecule has 2 N–H and O–H groups in total. The Balaban J connectivity index is 2.02. The van der Waals surface area contributed by atoms with Gasteiger partial charge in [0.1, 0.15) is 5.75 Å². The summed E-state index contributed by atoms with van der Waals surface area (Å²) in [6.07, 6.45) is -0.506. The number of nitrogens with two attached hydrogens (primary N) is 1. The topological polar surface area (TPSA) is 78.6 Å². The van der Waals surface area contributed by atoms with Crippen LogP contribution in [0.3, 0.4) is 0 Å². The van der Waals surface area contributed by atoms with Gasteiger partial charge >= 0.3 is 6.16 Å². The van der Waals surface area contributed by atoms with E-state index in [4.69, 9.17) is 10.5 Å². The van der Waals surface area contributed by atoms with Gasteiger partial charge in [-0.25, -0.2) is 4.79 Å². The highest BCUT2D eigenvalue weighted by Gasteiger charge is 2.09. The van der Waals surface area contributed by atoms with E-state index in [-0.39, 0.29) is 12.2 Å². The summed E-state index contributed by atoms with van der Waals surface area (Å²) in [5.74, 6) is 0.301. The fraction of sp³-hybridized carbons (Fsp3) is 0.125. The number of ketones is 1. The van der Waals surface area contributed by atoms with Crippen molar-refractivity contribution in [1.82, 2.24) is 0 Å². The molecule has 0 saturated heterocycles. The number of benzene rings is 2. The van der Waals surface area contributed by atoms with Gasteiger partial charge in [-0.3, -0.25) is 4.79 Å². The second-order valence-corrected chi connectivity index (χ2v) is 4.42. The van der Waals surface area contributed by atoms with E-state index in [1.807, 2.05) is 12.1 Å². The van der Waals surface area contributed by atoms with E-state index < -0.39 is 6.16 Å². The Morgan fingerprint density at radius 1 is 1.00 bits per heavy atom. The number of rotatable bonds is 4. The summed E-state index contributed by atoms with van der Waals surface area (Å²) in [7, 11) is 1.23. The van der Waals surface area contributed by atoms with Crippen molar-refractivity contribution in [1.29, 1.82) is 0 Å². The number of Topliss-reactive ketones (excluding diaryl/α,β-unsaturated/α-hetero) is 1. The summed E-state index contributed by atoms with van der Waals surface area (Å²) in [5, 5.41) is 0. The predicted molar refractivity (Wildman–Crippen MR) is 78.4 cm³/mol. The minimum absolute atomic E-state index is 0.0237. The second-order valence-electron chi connectivity index (χ2n) is 4.42. The van der Waals surface area contributed by atoms with Gasteiger partial charge in [-0.15, -0.1) is 0 Å². The van der Waals surface area contributed by atoms with Crippen LogP contribution in [-0.4, -0.2) is 19.0 Å². The Kier molecular flexibility index (Phi) is 4.56. The maximum Gasteiger partial charge on any atom is 0.513 e. The van der Waals surface area contributed by atoms with Crippen molar-refractivity contribution < 1.29 is 19.1 Å². The summed E-state index contributed by atoms with van der Waals surface area (Å²) < 4.78 is 9.23. The van der Waals surface area contributed by atoms with Crippen molar-refractivity contribution in [2.24, 2.45) is 0 Å². The van der Waals surface area contributed by atoms with Crippen molar-refractivity contribution >= 4 is 17.6 Å². The van der Waals surface area contributed by atoms with Crippen LogP contribution in [0.25, 0.3) is 0 Å². The Morgan fingerprint density at radius 2 is 1.62 bits per heavy atom. The molecule has 2 aromatic carbocycles. The summed E-state index contributed by atoms with van der Waals surface area (Å²) in [4.78, 5) is 23.1. The molecular formula is C16H15NO4. The van der Waals surface area contributed by atoms with E-state index >= 15 is 0 Å². The van der Waals surface area contributed by atoms with Crippen LogP contribution in [0.1, 0.15) is 15.9 Å². The lowest BCUT2D eigenvalue weighted by Gasteiger charge is -2.05. The van der Waals surface area contributed by atoms with Crippen molar-refractivity contribution in [2.75, 3.05) is 12.8 Å². The van der Waals surface area contributed by atoms with Gasteiger partial charge in [-0.1, -0.05) is 12.1 Å². The molecule has 5 nitrogen and oxygen atoms in total. The lowest BCUT2D eigenvalue weighted by atomic mass is 10.0. The quantitative estimate of drug-likeness (QED) is 0.404. The first-order valence-corrected chi connectivity index (χ1v) is 6.32. The molecule has 0 radical (unpaired) electrons. The maximum atomic E-state index is 12.1. The summed E-state index contributed by atoms with van der Waals surface area (Å²) in [6, 6.07) is 13.5. The Morgan fingerprint density at radius 3 is 2.19 bits per heavy atom. The van der Waals surface area contributed by atoms with Crippen molar-refractivity contribution in [3.8, 4) is 5.75 Å². The molecule has 21 heavy (non-hydrogen) atoms. The van der Waals surface area contributed by atoms with Crippen LogP contribution in [-0.2, 0) is 11.2 Å². The fourth-order valence-corrected chi connectivity index (χ4v) is 1.77. The number of carbonyl (C=O) groups is 2. The van der Waals surface area contributed by atoms with Gasteiger partial charge in [0.25, 0.3) is 0 Å². The smallest absolute Gasteiger partial charge is 0.437 e. The molecule has 2 aromatic rings. The van der Waals surface area contributed by atoms with Crippen LogP contribution in [0.15, 0.2) is 48.5 Å². The first-order chi connectivity index (χ1) is 10.1. The number of hydrogen-bond donors (Lipinski definition) is 1. The highest BCUT2D eigenvalue weighted by molar-refractivity contribution is 5.97. The normalized spacial score (nSPS) is 9.95. The first-order valence-electron chi connectivity index (χ1n) is 6.32. The van der Waals surface area contributed by atoms with E-state index in [9.17, 15) is 9.59 Å². The average molecular weight is 285 g/mol. The number of nitrogen functional groups attached to an aromatic ring is 1. The van der Waals surface area contributed by atoms with E-state index in [0.717, 1.165) is 5.56 Å². The highest BCUT2D eigenvalue weighted by atomic mass is 16.7. The van der Waals surface area contributed by atoms with Crippen molar-refractivity contribution in [3.63, 3.8) is 0 Å². The van der Waals surface area contributed by atoms with Crippen LogP contribution >= 0.6 is 0 Å². The van der Waals surface area contributed by atoms with E-state index in [0.29, 0.717) is 17.0 Å². The third kappa shape index (κ3) is 4.07. The molecule has 0 atom stereocenters. The van der Waals surface area contributed by atoms with Gasteiger partial charge in [0.2, 0.25) is 0 Å². The highest BCUT2D eigenvalue weighted by Crippen LogP contribution is 2.15. The predicted octanol–water partition coefficient (Wildman–Crippen LogP) is 2.84. The van der Waals surface area contributed by atoms with Gasteiger partial charge < -0.3 is 15.2 Å². The maximum absolute atomic E-state index is 12.1. The zero-order valence-electron chi connectivity index (χ0n) is 11.5. The van der Waals surface area contributed by atoms with E-state index in [1.165, 1.54) is 7.11 Å². The van der Waals surface area contributed by atoms with Gasteiger partial charge in [-0.05, 0) is 42.0 Å². The molecule has 0 spiro atoms. The summed E-state index contributed by atoms with van der Waals surface area (Å²) in [6.45, 7) is 0. The fourth-order valence-electron chi connectivity index (χ4n) is 1.77. The van der Waals surface area contributed by atoms with Gasteiger partial charge in [0.05, 0.1) is 7.11 Å². The molecule has 5 heteroatoms. The molecule has 0 fully saturated rings. The molecule has 0 amide bonds. The first kappa shape index (κ1) is 14.6. The van der Waals surface area contributed by atoms with E-state index in [2.05, 4.69) is 4.74 Å². The molecule has 2 rings (SSSR count). The van der Waals surface area contributed by atoms with Crippen LogP contribution in [0.5, 0.6) is 5.75 Å². The van der Waals surface area contributed by atoms with E-state index in [1.54, 1.807) is 36.4 Å². The molecule has 0 heterocycles. The third-order valence-corrected chi connectivity index (χ3v) is 2.89. The molecule has 0 aliphatic rings. The SMILES string of the molecule is COC(=O)Oc1ccc(C(=O)Cc2ccc(N)cc2)cc1. The monoisotopic (exact) mass is 285 g/mol. The molecule has 0 aliphatic carbocycles. The minimum Gasteiger partial charge on any atom is -0.437 e. The lowest BCUT2D eigenvalue weighted by molar-refractivity contribution is 0.0993. The third-order valence-electron chi connectivity index (χ3n) is 2.89. The zero-order valence-corrected chi connectivity index (χ0v) is 11.5. The summed E-state index contributed by atoms with van der Waals surface area (Å²) in [5.41, 5.74) is 7.70. The van der Waals surface area contributed by atoms with Crippen LogP contribution < -0.4 is 10.5 Å². The van der Waals surface area contributed by atoms with Gasteiger partial charge in [-0.2, -0.15) is 0 Å². The number of ether oxygens (including phenoxy) is 2. The van der Waals surface area contributed by atoms with Gasteiger partial charge in [0.15, 0.2) is 5.78 Å². The average Bonchev–Trinajstić information content (AvgIpc) is 2.50. The molecule has 108 valence electrons. The number of hydrogen-bond acceptors (Lipinski definition) is 5. The second kappa shape index (κ2) is 6.56. The Labute approximate surface area is 122 Å². The van der Waals surface area contributed by atoms with Crippen LogP contribution in [0, 0.1) is 0 Å². The molecule has 0 bridgehead atoms. The number of carbonyl (C=O) groups excluding carboxylic acids is 2. The van der Waals surface area contributed by atoms with Crippen molar-refractivity contribution in [2.45, 2.75) is 6.42 Å². The zero-order chi connectivity index (χ0) is 15.2. The summed E-state index contributed by atoms with van der Waals surface area (Å²) >= 11 is 0. The van der Waals surface area contributed by atoms with Crippen LogP contribution in [0.2, 0.25) is 0 Å². The lowest BCUT2D eigenvalue weighted by Crippen LogP contribution is -2.08. The molecular weight excluding hydrogens is 270 g/mol. The molecule has 0 aromatic heterocycles. The molecule has 0 aliphatic heterocycles. The van der Waals surface area contributed by atoms with Gasteiger partial charge in [0, 0.05) is 17.7 Å². The minimum atomic E-state index is -0.795. The van der Waals surface area contributed by atoms with Crippen LogP contribution in [0.4, 0.5) is 10.5 Å².